The number of rotatable bonds is 7. The van der Waals surface area contributed by atoms with Gasteiger partial charge >= 0.3 is 26.7 Å². The van der Waals surface area contributed by atoms with E-state index in [1.165, 1.54) is 3.57 Å². The van der Waals surface area contributed by atoms with Crippen molar-refractivity contribution in [1.82, 2.24) is 4.72 Å². The van der Waals surface area contributed by atoms with Crippen molar-refractivity contribution in [3.8, 4) is 9.85 Å². The summed E-state index contributed by atoms with van der Waals surface area (Å²) >= 11 is -0.378. The van der Waals surface area contributed by atoms with Crippen LogP contribution in [0, 0.1) is 20.3 Å². The number of aryl methyl sites for hydroxylation is 1. The predicted molar refractivity (Wildman–Crippen MR) is 129 cm³/mol. The summed E-state index contributed by atoms with van der Waals surface area (Å²) < 4.78 is 91.3. The quantitative estimate of drug-likeness (QED) is 0.178. The Morgan fingerprint density at radius 1 is 0.892 bits per heavy atom. The SMILES string of the molecule is Cc1ccc(S(=O)(=O)NCCC(C#C[I+]c2ccccc2)c2ccccc2)cc1.O=S(=O)([O-])C(F)(F)F. The number of hydrogen-bond acceptors (Lipinski definition) is 5. The number of sulfonamides is 1. The maximum atomic E-state index is 12.5. The number of benzene rings is 3. The lowest BCUT2D eigenvalue weighted by atomic mass is 9.97. The first-order valence-electron chi connectivity index (χ1n) is 10.6. The second kappa shape index (κ2) is 13.9. The fourth-order valence-corrected chi connectivity index (χ4v) is 5.44. The molecule has 0 spiro atoms. The molecule has 12 heteroatoms. The number of nitrogens with one attached hydrogen (secondary N) is 1. The van der Waals surface area contributed by atoms with Gasteiger partial charge < -0.3 is 4.55 Å². The summed E-state index contributed by atoms with van der Waals surface area (Å²) in [6, 6.07) is 27.2. The van der Waals surface area contributed by atoms with Gasteiger partial charge in [-0.3, -0.25) is 0 Å². The van der Waals surface area contributed by atoms with Gasteiger partial charge in [0.05, 0.1) is 10.8 Å². The zero-order chi connectivity index (χ0) is 27.5. The monoisotopic (exact) mass is 665 g/mol. The number of alkyl halides is 3. The molecule has 3 rings (SSSR count). The van der Waals surface area contributed by atoms with Gasteiger partial charge in [0.25, 0.3) is 0 Å². The number of halogens is 4. The van der Waals surface area contributed by atoms with Crippen molar-refractivity contribution in [3.63, 3.8) is 0 Å². The molecule has 0 aliphatic rings. The first-order chi connectivity index (χ1) is 17.3. The van der Waals surface area contributed by atoms with E-state index in [4.69, 9.17) is 13.0 Å². The molecule has 0 radical (unpaired) electrons. The Morgan fingerprint density at radius 2 is 1.41 bits per heavy atom. The summed E-state index contributed by atoms with van der Waals surface area (Å²) in [6.07, 6.45) is 0.626. The molecule has 37 heavy (non-hydrogen) atoms. The summed E-state index contributed by atoms with van der Waals surface area (Å²) in [5, 5.41) is 0. The molecule has 0 aliphatic heterocycles. The van der Waals surface area contributed by atoms with Crippen molar-refractivity contribution < 1.29 is 55.8 Å². The molecule has 0 heterocycles. The Labute approximate surface area is 225 Å². The molecule has 0 aromatic heterocycles. The van der Waals surface area contributed by atoms with Gasteiger partial charge in [0.1, 0.15) is 0 Å². The van der Waals surface area contributed by atoms with E-state index in [1.807, 2.05) is 43.3 Å². The summed E-state index contributed by atoms with van der Waals surface area (Å²) in [7, 11) is -9.60. The van der Waals surface area contributed by atoms with Gasteiger partial charge in [0.15, 0.2) is 14.0 Å². The molecule has 1 N–H and O–H groups in total. The fraction of sp³-hybridized carbons (Fsp3) is 0.200. The van der Waals surface area contributed by atoms with Crippen molar-refractivity contribution >= 4 is 20.1 Å². The van der Waals surface area contributed by atoms with Crippen molar-refractivity contribution in [2.75, 3.05) is 6.54 Å². The Bertz CT molecular complexity index is 1400. The minimum absolute atomic E-state index is 0.000306. The maximum absolute atomic E-state index is 12.5. The Kier molecular flexibility index (Phi) is 11.6. The molecular formula is C25H23F3INO5S2. The smallest absolute Gasteiger partial charge is 0.485 e. The highest BCUT2D eigenvalue weighted by Crippen LogP contribution is 2.20. The molecular weight excluding hydrogens is 642 g/mol. The third kappa shape index (κ3) is 10.8. The molecule has 1 unspecified atom stereocenters. The normalized spacial score (nSPS) is 12.5. The van der Waals surface area contributed by atoms with Crippen molar-refractivity contribution in [2.45, 2.75) is 29.7 Å². The van der Waals surface area contributed by atoms with Gasteiger partial charge in [-0.1, -0.05) is 66.2 Å². The van der Waals surface area contributed by atoms with E-state index in [0.29, 0.717) is 17.9 Å². The highest BCUT2D eigenvalue weighted by molar-refractivity contribution is 7.89. The van der Waals surface area contributed by atoms with E-state index in [2.05, 4.69) is 38.8 Å². The van der Waals surface area contributed by atoms with Crippen LogP contribution in [0.3, 0.4) is 0 Å². The van der Waals surface area contributed by atoms with Crippen LogP contribution in [0.5, 0.6) is 0 Å². The molecule has 3 aromatic carbocycles. The van der Waals surface area contributed by atoms with Gasteiger partial charge in [-0.15, -0.1) is 0 Å². The zero-order valence-corrected chi connectivity index (χ0v) is 23.2. The third-order valence-corrected chi connectivity index (χ3v) is 8.63. The molecule has 0 aliphatic carbocycles. The molecule has 0 amide bonds. The van der Waals surface area contributed by atoms with Crippen LogP contribution in [0.15, 0.2) is 89.8 Å². The molecule has 0 fully saturated rings. The highest BCUT2D eigenvalue weighted by Gasteiger charge is 2.36. The Balaban J connectivity index is 0.000000521. The lowest BCUT2D eigenvalue weighted by molar-refractivity contribution is -0.535. The van der Waals surface area contributed by atoms with E-state index >= 15 is 0 Å². The topological polar surface area (TPSA) is 103 Å². The van der Waals surface area contributed by atoms with Crippen molar-refractivity contribution in [2.24, 2.45) is 0 Å². The van der Waals surface area contributed by atoms with Gasteiger partial charge in [-0.25, -0.2) is 21.6 Å². The van der Waals surface area contributed by atoms with Crippen LogP contribution >= 0.6 is 0 Å². The maximum Gasteiger partial charge on any atom is 0.485 e. The van der Waals surface area contributed by atoms with Gasteiger partial charge in [-0.05, 0) is 49.1 Å². The Hall–Kier alpha value is -2.44. The molecule has 0 saturated carbocycles. The van der Waals surface area contributed by atoms with Crippen LogP contribution < -0.4 is 25.9 Å². The largest absolute Gasteiger partial charge is 0.741 e. The number of hydrogen-bond donors (Lipinski definition) is 1. The lowest BCUT2D eigenvalue weighted by Gasteiger charge is -2.12. The second-order valence-electron chi connectivity index (χ2n) is 7.49. The van der Waals surface area contributed by atoms with Crippen LogP contribution in [0.2, 0.25) is 0 Å². The van der Waals surface area contributed by atoms with E-state index in [0.717, 1.165) is 11.1 Å². The van der Waals surface area contributed by atoms with Crippen molar-refractivity contribution in [3.05, 3.63) is 99.6 Å². The van der Waals surface area contributed by atoms with Crippen LogP contribution in [0.4, 0.5) is 13.2 Å². The lowest BCUT2D eigenvalue weighted by Crippen LogP contribution is -3.59. The first kappa shape index (κ1) is 30.8. The standard InChI is InChI=1S/C24H23INO2S.CHF3O3S/c1-20-12-14-24(15-13-20)29(27,28)26-19-17-22(21-8-4-2-5-9-21)16-18-25-23-10-6-3-7-11-23;2-1(3,4)8(5,6)7/h2-15,22,26H,17,19H2,1H3;(H,5,6,7)/q+1;/p-1. The average molecular weight is 665 g/mol. The zero-order valence-electron chi connectivity index (χ0n) is 19.4. The van der Waals surface area contributed by atoms with Gasteiger partial charge in [0, 0.05) is 6.54 Å². The summed E-state index contributed by atoms with van der Waals surface area (Å²) in [6.45, 7) is 2.28. The van der Waals surface area contributed by atoms with Crippen LogP contribution in [-0.2, 0) is 20.1 Å². The predicted octanol–water partition coefficient (Wildman–Crippen LogP) is 1.42. The molecule has 198 valence electrons. The molecule has 0 saturated heterocycles. The first-order valence-corrected chi connectivity index (χ1v) is 15.7. The molecule has 1 atom stereocenters. The summed E-state index contributed by atoms with van der Waals surface area (Å²) in [5.41, 5.74) is -3.50. The molecule has 3 aromatic rings. The second-order valence-corrected chi connectivity index (χ2v) is 13.0. The fourth-order valence-electron chi connectivity index (χ4n) is 2.77. The van der Waals surface area contributed by atoms with Gasteiger partial charge in [0.2, 0.25) is 13.6 Å². The van der Waals surface area contributed by atoms with E-state index < -0.39 is 25.6 Å². The van der Waals surface area contributed by atoms with Crippen molar-refractivity contribution in [1.29, 1.82) is 0 Å². The van der Waals surface area contributed by atoms with E-state index in [9.17, 15) is 21.6 Å². The summed E-state index contributed by atoms with van der Waals surface area (Å²) in [5.74, 6) is 3.38. The van der Waals surface area contributed by atoms with Crippen LogP contribution in [-0.4, -0.2) is 33.4 Å². The molecule has 6 nitrogen and oxygen atoms in total. The Morgan fingerprint density at radius 3 is 1.92 bits per heavy atom. The highest BCUT2D eigenvalue weighted by atomic mass is 127. The minimum Gasteiger partial charge on any atom is -0.741 e. The minimum atomic E-state index is -6.09. The van der Waals surface area contributed by atoms with Gasteiger partial charge in [-0.2, -0.15) is 13.2 Å². The van der Waals surface area contributed by atoms with E-state index in [-0.39, 0.29) is 27.1 Å². The summed E-state index contributed by atoms with van der Waals surface area (Å²) in [4.78, 5) is 0.292. The average Bonchev–Trinajstić information content (AvgIpc) is 2.84. The van der Waals surface area contributed by atoms with E-state index in [1.54, 1.807) is 24.3 Å². The van der Waals surface area contributed by atoms with Crippen LogP contribution in [0.1, 0.15) is 23.5 Å². The molecule has 0 bridgehead atoms. The third-order valence-electron chi connectivity index (χ3n) is 4.66. The van der Waals surface area contributed by atoms with Crippen LogP contribution in [0.25, 0.3) is 0 Å².